The highest BCUT2D eigenvalue weighted by Crippen LogP contribution is 2.16. The van der Waals surface area contributed by atoms with E-state index in [0.29, 0.717) is 12.1 Å². The van der Waals surface area contributed by atoms with Crippen LogP contribution in [0.2, 0.25) is 0 Å². The second kappa shape index (κ2) is 4.27. The van der Waals surface area contributed by atoms with E-state index in [2.05, 4.69) is 9.97 Å². The summed E-state index contributed by atoms with van der Waals surface area (Å²) in [6, 6.07) is 0. The van der Waals surface area contributed by atoms with Gasteiger partial charge in [0.2, 0.25) is 0 Å². The molecule has 0 saturated carbocycles. The lowest BCUT2D eigenvalue weighted by atomic mass is 10.1. The van der Waals surface area contributed by atoms with Gasteiger partial charge in [0.15, 0.2) is 6.39 Å². The topological polar surface area (TPSA) is 64.1 Å². The molecule has 2 heterocycles. The molecule has 0 aliphatic rings. The number of aliphatic hydroxyl groups excluding tert-OH is 1. The Hall–Kier alpha value is -1.62. The van der Waals surface area contributed by atoms with E-state index in [1.165, 1.54) is 12.7 Å². The number of aryl methyl sites for hydroxylation is 2. The molecule has 0 aliphatic heterocycles. The number of oxazole rings is 1. The maximum absolute atomic E-state index is 9.74. The number of aromatic nitrogens is 3. The summed E-state index contributed by atoms with van der Waals surface area (Å²) in [5.74, 6) is 0.956. The molecule has 0 saturated heterocycles. The quantitative estimate of drug-likeness (QED) is 0.814. The van der Waals surface area contributed by atoms with Crippen LogP contribution in [0.1, 0.15) is 24.0 Å². The van der Waals surface area contributed by atoms with Gasteiger partial charge >= 0.3 is 0 Å². The van der Waals surface area contributed by atoms with Gasteiger partial charge in [-0.3, -0.25) is 0 Å². The fourth-order valence-electron chi connectivity index (χ4n) is 1.44. The van der Waals surface area contributed by atoms with Crippen molar-refractivity contribution in [3.05, 3.63) is 36.6 Å². The third-order valence-corrected chi connectivity index (χ3v) is 2.36. The van der Waals surface area contributed by atoms with Crippen LogP contribution in [-0.4, -0.2) is 19.6 Å². The number of hydrogen-bond donors (Lipinski definition) is 1. The van der Waals surface area contributed by atoms with Gasteiger partial charge in [0, 0.05) is 25.9 Å². The number of imidazole rings is 1. The zero-order valence-electron chi connectivity index (χ0n) is 8.50. The minimum Gasteiger partial charge on any atom is -0.451 e. The molecule has 1 unspecified atom stereocenters. The Balaban J connectivity index is 1.91. The standard InChI is InChI=1S/C10H13N3O2/c1-13-5-4-11-10(13)3-2-9(14)8-6-15-7-12-8/h4-7,9,14H,2-3H2,1H3. The average Bonchev–Trinajstić information content (AvgIpc) is 2.85. The largest absolute Gasteiger partial charge is 0.451 e. The van der Waals surface area contributed by atoms with Gasteiger partial charge in [-0.05, 0) is 6.42 Å². The van der Waals surface area contributed by atoms with Gasteiger partial charge in [-0.2, -0.15) is 0 Å². The molecule has 5 heteroatoms. The third-order valence-electron chi connectivity index (χ3n) is 2.36. The summed E-state index contributed by atoms with van der Waals surface area (Å²) in [6.07, 6.45) is 7.15. The molecule has 2 rings (SSSR count). The molecule has 0 radical (unpaired) electrons. The minimum absolute atomic E-state index is 0.573. The van der Waals surface area contributed by atoms with Crippen LogP contribution in [0.25, 0.3) is 0 Å². The summed E-state index contributed by atoms with van der Waals surface area (Å²) in [5.41, 5.74) is 0.573. The first-order valence-corrected chi connectivity index (χ1v) is 4.79. The fourth-order valence-corrected chi connectivity index (χ4v) is 1.44. The molecule has 0 spiro atoms. The third kappa shape index (κ3) is 2.24. The summed E-state index contributed by atoms with van der Waals surface area (Å²) < 4.78 is 6.74. The van der Waals surface area contributed by atoms with Crippen LogP contribution >= 0.6 is 0 Å². The Morgan fingerprint density at radius 3 is 3.00 bits per heavy atom. The molecule has 5 nitrogen and oxygen atoms in total. The lowest BCUT2D eigenvalue weighted by Gasteiger charge is -2.06. The molecule has 0 amide bonds. The number of hydrogen-bond acceptors (Lipinski definition) is 4. The number of nitrogens with zero attached hydrogens (tertiary/aromatic N) is 3. The van der Waals surface area contributed by atoms with E-state index in [0.717, 1.165) is 12.2 Å². The Morgan fingerprint density at radius 1 is 1.53 bits per heavy atom. The zero-order chi connectivity index (χ0) is 10.7. The van der Waals surface area contributed by atoms with Crippen molar-refractivity contribution in [1.82, 2.24) is 14.5 Å². The molecule has 15 heavy (non-hydrogen) atoms. The van der Waals surface area contributed by atoms with Gasteiger partial charge in [0.25, 0.3) is 0 Å². The Labute approximate surface area is 87.4 Å². The summed E-state index contributed by atoms with van der Waals surface area (Å²) >= 11 is 0. The molecule has 2 aromatic heterocycles. The van der Waals surface area contributed by atoms with Crippen LogP contribution in [0.4, 0.5) is 0 Å². The van der Waals surface area contributed by atoms with E-state index >= 15 is 0 Å². The van der Waals surface area contributed by atoms with Crippen LogP contribution in [0.3, 0.4) is 0 Å². The fraction of sp³-hybridized carbons (Fsp3) is 0.400. The minimum atomic E-state index is -0.583. The number of aliphatic hydroxyl groups is 1. The van der Waals surface area contributed by atoms with Crippen molar-refractivity contribution in [3.8, 4) is 0 Å². The predicted molar refractivity (Wildman–Crippen MR) is 53.0 cm³/mol. The normalized spacial score (nSPS) is 12.9. The van der Waals surface area contributed by atoms with Gasteiger partial charge in [-0.25, -0.2) is 9.97 Å². The highest BCUT2D eigenvalue weighted by atomic mass is 16.3. The van der Waals surface area contributed by atoms with Gasteiger partial charge in [-0.1, -0.05) is 0 Å². The lowest BCUT2D eigenvalue weighted by Crippen LogP contribution is -2.03. The second-order valence-electron chi connectivity index (χ2n) is 3.42. The summed E-state index contributed by atoms with van der Waals surface area (Å²) in [6.45, 7) is 0. The first kappa shape index (κ1) is 9.92. The summed E-state index contributed by atoms with van der Waals surface area (Å²) in [5, 5.41) is 9.74. The van der Waals surface area contributed by atoms with Crippen LogP contribution < -0.4 is 0 Å². The van der Waals surface area contributed by atoms with Crippen molar-refractivity contribution in [2.45, 2.75) is 18.9 Å². The van der Waals surface area contributed by atoms with Gasteiger partial charge in [-0.15, -0.1) is 0 Å². The zero-order valence-corrected chi connectivity index (χ0v) is 8.50. The van der Waals surface area contributed by atoms with E-state index in [1.807, 2.05) is 17.8 Å². The van der Waals surface area contributed by atoms with Crippen molar-refractivity contribution in [3.63, 3.8) is 0 Å². The van der Waals surface area contributed by atoms with Crippen molar-refractivity contribution >= 4 is 0 Å². The van der Waals surface area contributed by atoms with Crippen molar-refractivity contribution in [1.29, 1.82) is 0 Å². The maximum Gasteiger partial charge on any atom is 0.180 e. The van der Waals surface area contributed by atoms with Crippen LogP contribution in [0, 0.1) is 0 Å². The first-order chi connectivity index (χ1) is 7.27. The molecule has 0 aliphatic carbocycles. The number of rotatable bonds is 4. The van der Waals surface area contributed by atoms with Crippen molar-refractivity contribution in [2.75, 3.05) is 0 Å². The van der Waals surface area contributed by atoms with Crippen molar-refractivity contribution in [2.24, 2.45) is 7.05 Å². The average molecular weight is 207 g/mol. The van der Waals surface area contributed by atoms with Crippen LogP contribution in [0.15, 0.2) is 29.5 Å². The summed E-state index contributed by atoms with van der Waals surface area (Å²) in [7, 11) is 1.94. The highest BCUT2D eigenvalue weighted by Gasteiger charge is 2.11. The van der Waals surface area contributed by atoms with E-state index in [4.69, 9.17) is 4.42 Å². The lowest BCUT2D eigenvalue weighted by molar-refractivity contribution is 0.162. The predicted octanol–water partition coefficient (Wildman–Crippen LogP) is 1.07. The maximum atomic E-state index is 9.74. The monoisotopic (exact) mass is 207 g/mol. The molecular weight excluding hydrogens is 194 g/mol. The second-order valence-corrected chi connectivity index (χ2v) is 3.42. The summed E-state index contributed by atoms with van der Waals surface area (Å²) in [4.78, 5) is 8.07. The first-order valence-electron chi connectivity index (χ1n) is 4.79. The van der Waals surface area contributed by atoms with E-state index in [1.54, 1.807) is 6.20 Å². The molecule has 2 aromatic rings. The van der Waals surface area contributed by atoms with E-state index in [-0.39, 0.29) is 0 Å². The SMILES string of the molecule is Cn1ccnc1CCC(O)c1cocn1. The molecule has 80 valence electrons. The molecule has 0 bridgehead atoms. The molecule has 0 fully saturated rings. The van der Waals surface area contributed by atoms with E-state index in [9.17, 15) is 5.11 Å². The molecule has 0 aromatic carbocycles. The Bertz CT molecular complexity index is 408. The Kier molecular flexibility index (Phi) is 2.82. The smallest absolute Gasteiger partial charge is 0.180 e. The van der Waals surface area contributed by atoms with Crippen LogP contribution in [-0.2, 0) is 13.5 Å². The van der Waals surface area contributed by atoms with Gasteiger partial charge in [0.05, 0.1) is 6.10 Å². The molecule has 1 atom stereocenters. The van der Waals surface area contributed by atoms with Gasteiger partial charge in [0.1, 0.15) is 17.8 Å². The Morgan fingerprint density at radius 2 is 2.40 bits per heavy atom. The molecular formula is C10H13N3O2. The molecule has 1 N–H and O–H groups in total. The van der Waals surface area contributed by atoms with Crippen molar-refractivity contribution < 1.29 is 9.52 Å². The van der Waals surface area contributed by atoms with E-state index < -0.39 is 6.10 Å². The highest BCUT2D eigenvalue weighted by molar-refractivity contribution is 4.98. The van der Waals surface area contributed by atoms with Crippen LogP contribution in [0.5, 0.6) is 0 Å². The van der Waals surface area contributed by atoms with Gasteiger partial charge < -0.3 is 14.1 Å².